The second-order valence-electron chi connectivity index (χ2n) is 4.88. The maximum absolute atomic E-state index is 10.2. The van der Waals surface area contributed by atoms with E-state index in [0.29, 0.717) is 5.76 Å². The SMILES string of the molecule is O=C([O-])CCCCCCCCCC#CC#Cc1ccco1.[K+]. The fourth-order valence-electron chi connectivity index (χ4n) is 1.92. The first-order valence-electron chi connectivity index (χ1n) is 7.51. The molecule has 112 valence electrons. The molecule has 0 saturated carbocycles. The zero-order valence-electron chi connectivity index (χ0n) is 13.3. The van der Waals surface area contributed by atoms with Gasteiger partial charge in [0.1, 0.15) is 0 Å². The Morgan fingerprint density at radius 3 is 2.36 bits per heavy atom. The van der Waals surface area contributed by atoms with Crippen LogP contribution in [0.2, 0.25) is 0 Å². The number of carbonyl (C=O) groups excluding carboxylic acids is 1. The van der Waals surface area contributed by atoms with Gasteiger partial charge in [-0.25, -0.2) is 0 Å². The van der Waals surface area contributed by atoms with Crippen molar-refractivity contribution < 1.29 is 65.7 Å². The van der Waals surface area contributed by atoms with Crippen LogP contribution in [0.3, 0.4) is 0 Å². The molecule has 0 spiro atoms. The maximum atomic E-state index is 10.2. The van der Waals surface area contributed by atoms with Crippen molar-refractivity contribution in [1.82, 2.24) is 0 Å². The molecule has 0 N–H and O–H groups in total. The number of carboxylic acid groups (broad SMARTS) is 1. The molecular formula is C18H21KO3. The predicted octanol–water partition coefficient (Wildman–Crippen LogP) is -0.101. The summed E-state index contributed by atoms with van der Waals surface area (Å²) in [6, 6.07) is 3.61. The van der Waals surface area contributed by atoms with E-state index in [1.54, 1.807) is 12.3 Å². The average molecular weight is 324 g/mol. The minimum absolute atomic E-state index is 0. The van der Waals surface area contributed by atoms with E-state index < -0.39 is 5.97 Å². The van der Waals surface area contributed by atoms with Crippen LogP contribution in [0.25, 0.3) is 0 Å². The van der Waals surface area contributed by atoms with Crippen LogP contribution in [0.1, 0.15) is 63.5 Å². The summed E-state index contributed by atoms with van der Waals surface area (Å²) < 4.78 is 5.07. The van der Waals surface area contributed by atoms with E-state index in [4.69, 9.17) is 4.42 Å². The molecule has 1 aromatic rings. The van der Waals surface area contributed by atoms with Gasteiger partial charge in [0, 0.05) is 12.4 Å². The van der Waals surface area contributed by atoms with E-state index in [1.807, 2.05) is 6.07 Å². The van der Waals surface area contributed by atoms with Crippen molar-refractivity contribution in [3.63, 3.8) is 0 Å². The number of carboxylic acids is 1. The van der Waals surface area contributed by atoms with Crippen LogP contribution in [0, 0.1) is 23.7 Å². The van der Waals surface area contributed by atoms with Crippen molar-refractivity contribution in [3.05, 3.63) is 24.2 Å². The largest absolute Gasteiger partial charge is 1.00 e. The van der Waals surface area contributed by atoms with Gasteiger partial charge in [0.25, 0.3) is 0 Å². The van der Waals surface area contributed by atoms with Crippen LogP contribution in [-0.2, 0) is 4.79 Å². The molecule has 0 aliphatic rings. The Balaban J connectivity index is 0.00000441. The van der Waals surface area contributed by atoms with E-state index in [1.165, 1.54) is 19.3 Å². The first-order valence-corrected chi connectivity index (χ1v) is 7.51. The summed E-state index contributed by atoms with van der Waals surface area (Å²) in [5, 5.41) is 10.2. The molecule has 0 bridgehead atoms. The third-order valence-electron chi connectivity index (χ3n) is 3.04. The fourth-order valence-corrected chi connectivity index (χ4v) is 1.92. The van der Waals surface area contributed by atoms with E-state index in [-0.39, 0.29) is 57.8 Å². The van der Waals surface area contributed by atoms with Gasteiger partial charge in [-0.2, -0.15) is 0 Å². The van der Waals surface area contributed by atoms with E-state index in [9.17, 15) is 9.90 Å². The summed E-state index contributed by atoms with van der Waals surface area (Å²) in [6.07, 6.45) is 10.1. The van der Waals surface area contributed by atoms with Crippen LogP contribution >= 0.6 is 0 Å². The van der Waals surface area contributed by atoms with Crippen LogP contribution < -0.4 is 56.5 Å². The zero-order valence-corrected chi connectivity index (χ0v) is 16.4. The number of carbonyl (C=O) groups is 1. The van der Waals surface area contributed by atoms with Crippen LogP contribution in [0.5, 0.6) is 0 Å². The molecule has 0 fully saturated rings. The molecule has 3 nitrogen and oxygen atoms in total. The Kier molecular flexibility index (Phi) is 15.1. The second-order valence-corrected chi connectivity index (χ2v) is 4.88. The number of hydrogen-bond acceptors (Lipinski definition) is 3. The molecule has 4 heteroatoms. The molecule has 22 heavy (non-hydrogen) atoms. The van der Waals surface area contributed by atoms with Crippen LogP contribution in [-0.4, -0.2) is 5.97 Å². The van der Waals surface area contributed by atoms with Gasteiger partial charge in [0.05, 0.1) is 6.26 Å². The summed E-state index contributed by atoms with van der Waals surface area (Å²) in [5.74, 6) is 11.1. The third kappa shape index (κ3) is 13.2. The average Bonchev–Trinajstić information content (AvgIpc) is 2.97. The van der Waals surface area contributed by atoms with Crippen molar-refractivity contribution in [2.45, 2.75) is 57.8 Å². The molecule has 0 atom stereocenters. The van der Waals surface area contributed by atoms with E-state index in [0.717, 1.165) is 32.1 Å². The van der Waals surface area contributed by atoms with Gasteiger partial charge >= 0.3 is 51.4 Å². The Hall–Kier alpha value is -0.494. The molecule has 0 radical (unpaired) electrons. The quantitative estimate of drug-likeness (QED) is 0.362. The molecule has 0 unspecified atom stereocenters. The number of furan rings is 1. The van der Waals surface area contributed by atoms with Crippen molar-refractivity contribution >= 4 is 5.97 Å². The fraction of sp³-hybridized carbons (Fsp3) is 0.500. The van der Waals surface area contributed by atoms with Gasteiger partial charge in [-0.1, -0.05) is 38.0 Å². The first-order chi connectivity index (χ1) is 10.3. The van der Waals surface area contributed by atoms with Gasteiger partial charge in [-0.05, 0) is 49.2 Å². The second kappa shape index (κ2) is 15.4. The van der Waals surface area contributed by atoms with Crippen LogP contribution in [0.4, 0.5) is 0 Å². The van der Waals surface area contributed by atoms with E-state index in [2.05, 4.69) is 23.7 Å². The minimum atomic E-state index is -0.941. The summed E-state index contributed by atoms with van der Waals surface area (Å²) in [5.41, 5.74) is 0. The van der Waals surface area contributed by atoms with Gasteiger partial charge in [-0.15, -0.1) is 0 Å². The van der Waals surface area contributed by atoms with Gasteiger partial charge in [0.2, 0.25) is 0 Å². The molecule has 0 amide bonds. The van der Waals surface area contributed by atoms with Crippen molar-refractivity contribution in [1.29, 1.82) is 0 Å². The van der Waals surface area contributed by atoms with Gasteiger partial charge in [0.15, 0.2) is 5.76 Å². The first kappa shape index (κ1) is 21.5. The maximum Gasteiger partial charge on any atom is 1.00 e. The molecule has 0 aromatic carbocycles. The molecule has 0 aliphatic carbocycles. The molecular weight excluding hydrogens is 303 g/mol. The topological polar surface area (TPSA) is 53.3 Å². The van der Waals surface area contributed by atoms with Gasteiger partial charge in [-0.3, -0.25) is 0 Å². The smallest absolute Gasteiger partial charge is 0.550 e. The minimum Gasteiger partial charge on any atom is -0.550 e. The summed E-state index contributed by atoms with van der Waals surface area (Å²) in [6.45, 7) is 0. The Morgan fingerprint density at radius 2 is 1.73 bits per heavy atom. The predicted molar refractivity (Wildman–Crippen MR) is 79.9 cm³/mol. The Morgan fingerprint density at radius 1 is 1.05 bits per heavy atom. The summed E-state index contributed by atoms with van der Waals surface area (Å²) in [7, 11) is 0. The summed E-state index contributed by atoms with van der Waals surface area (Å²) in [4.78, 5) is 10.2. The molecule has 1 heterocycles. The number of hydrogen-bond donors (Lipinski definition) is 0. The normalized spacial score (nSPS) is 8.91. The molecule has 1 aromatic heterocycles. The number of aliphatic carboxylic acids is 1. The number of unbranched alkanes of at least 4 members (excludes halogenated alkanes) is 7. The monoisotopic (exact) mass is 324 g/mol. The molecule has 0 aliphatic heterocycles. The Bertz CT molecular complexity index is 512. The Labute approximate surface area is 175 Å². The van der Waals surface area contributed by atoms with Crippen LogP contribution in [0.15, 0.2) is 22.8 Å². The third-order valence-corrected chi connectivity index (χ3v) is 3.04. The standard InChI is InChI=1S/C18H22O3.K/c19-18(20)15-11-9-7-5-3-1-2-4-6-8-10-13-17-14-12-16-21-17;/h12,14,16H,1-5,7,9,11,15H2,(H,19,20);/q;+1/p-1. The number of rotatable bonds is 9. The van der Waals surface area contributed by atoms with Crippen molar-refractivity contribution in [2.24, 2.45) is 0 Å². The van der Waals surface area contributed by atoms with Crippen molar-refractivity contribution in [2.75, 3.05) is 0 Å². The molecule has 1 rings (SSSR count). The van der Waals surface area contributed by atoms with Gasteiger partial charge < -0.3 is 14.3 Å². The van der Waals surface area contributed by atoms with Crippen molar-refractivity contribution in [3.8, 4) is 23.7 Å². The van der Waals surface area contributed by atoms with E-state index >= 15 is 0 Å². The zero-order chi connectivity index (χ0) is 15.2. The molecule has 0 saturated heterocycles. The summed E-state index contributed by atoms with van der Waals surface area (Å²) >= 11 is 0.